The van der Waals surface area contributed by atoms with Crippen LogP contribution in [0, 0.1) is 0 Å². The highest BCUT2D eigenvalue weighted by atomic mass is 32.2. The predicted octanol–water partition coefficient (Wildman–Crippen LogP) is -0.808. The van der Waals surface area contributed by atoms with Crippen LogP contribution in [-0.2, 0) is 29.7 Å². The zero-order chi connectivity index (χ0) is 15.3. The van der Waals surface area contributed by atoms with E-state index < -0.39 is 10.0 Å². The van der Waals surface area contributed by atoms with E-state index in [-0.39, 0.29) is 11.4 Å². The zero-order valence-corrected chi connectivity index (χ0v) is 12.8. The van der Waals surface area contributed by atoms with Crippen LogP contribution in [0.4, 0.5) is 0 Å². The third-order valence-corrected chi connectivity index (χ3v) is 4.32. The van der Waals surface area contributed by atoms with Gasteiger partial charge in [0.05, 0.1) is 19.3 Å². The molecule has 0 saturated heterocycles. The van der Waals surface area contributed by atoms with Gasteiger partial charge in [-0.25, -0.2) is 13.1 Å². The standard InChI is InChI=1S/C11H19N7O2S/c1-3-17-9-13-16-11(17)7-15-21(19,20)10-6-14-18(8-10)5-4-12-2/h6,8-9,12,15H,3-5,7H2,1-2H3. The maximum Gasteiger partial charge on any atom is 0.244 e. The molecule has 0 aromatic carbocycles. The SMILES string of the molecule is CCn1cnnc1CNS(=O)(=O)c1cnn(CCNC)c1. The number of likely N-dealkylation sites (N-methyl/N-ethyl adjacent to an activating group) is 1. The molecule has 2 N–H and O–H groups in total. The summed E-state index contributed by atoms with van der Waals surface area (Å²) in [5.74, 6) is 0.573. The molecule has 0 bridgehead atoms. The summed E-state index contributed by atoms with van der Waals surface area (Å²) < 4.78 is 30.2. The molecule has 2 aromatic rings. The van der Waals surface area contributed by atoms with Crippen molar-refractivity contribution >= 4 is 10.0 Å². The molecule has 0 unspecified atom stereocenters. The van der Waals surface area contributed by atoms with Gasteiger partial charge < -0.3 is 9.88 Å². The number of aryl methyl sites for hydroxylation is 1. The molecule has 0 radical (unpaired) electrons. The molecular weight excluding hydrogens is 294 g/mol. The Hall–Kier alpha value is -1.78. The van der Waals surface area contributed by atoms with Gasteiger partial charge in [-0.05, 0) is 14.0 Å². The van der Waals surface area contributed by atoms with E-state index in [0.717, 1.165) is 0 Å². The van der Waals surface area contributed by atoms with Gasteiger partial charge in [-0.3, -0.25) is 4.68 Å². The van der Waals surface area contributed by atoms with Gasteiger partial charge in [0, 0.05) is 19.3 Å². The van der Waals surface area contributed by atoms with Gasteiger partial charge in [0.15, 0.2) is 0 Å². The lowest BCUT2D eigenvalue weighted by molar-refractivity contribution is 0.572. The van der Waals surface area contributed by atoms with Crippen LogP contribution in [-0.4, -0.2) is 46.6 Å². The second kappa shape index (κ2) is 6.78. The second-order valence-electron chi connectivity index (χ2n) is 4.40. The number of aromatic nitrogens is 5. The van der Waals surface area contributed by atoms with Gasteiger partial charge in [-0.1, -0.05) is 0 Å². The average Bonchev–Trinajstić information content (AvgIpc) is 3.12. The number of hydrogen-bond acceptors (Lipinski definition) is 6. The number of nitrogens with zero attached hydrogens (tertiary/aromatic N) is 5. The van der Waals surface area contributed by atoms with Gasteiger partial charge in [0.1, 0.15) is 17.0 Å². The zero-order valence-electron chi connectivity index (χ0n) is 12.0. The van der Waals surface area contributed by atoms with Gasteiger partial charge in [-0.15, -0.1) is 10.2 Å². The maximum atomic E-state index is 12.2. The lowest BCUT2D eigenvalue weighted by atomic mass is 10.6. The first-order valence-electron chi connectivity index (χ1n) is 6.60. The van der Waals surface area contributed by atoms with Crippen molar-refractivity contribution in [1.29, 1.82) is 0 Å². The largest absolute Gasteiger partial charge is 0.318 e. The van der Waals surface area contributed by atoms with Crippen molar-refractivity contribution in [1.82, 2.24) is 34.6 Å². The summed E-state index contributed by atoms with van der Waals surface area (Å²) in [4.78, 5) is 0.140. The summed E-state index contributed by atoms with van der Waals surface area (Å²) >= 11 is 0. The monoisotopic (exact) mass is 313 g/mol. The molecule has 0 aliphatic carbocycles. The summed E-state index contributed by atoms with van der Waals surface area (Å²) in [6.45, 7) is 4.04. The summed E-state index contributed by atoms with van der Waals surface area (Å²) in [5.41, 5.74) is 0. The summed E-state index contributed by atoms with van der Waals surface area (Å²) in [5, 5.41) is 14.6. The van der Waals surface area contributed by atoms with Crippen LogP contribution in [0.25, 0.3) is 0 Å². The van der Waals surface area contributed by atoms with Crippen molar-refractivity contribution in [2.24, 2.45) is 0 Å². The van der Waals surface area contributed by atoms with Crippen LogP contribution in [0.2, 0.25) is 0 Å². The van der Waals surface area contributed by atoms with E-state index in [1.165, 1.54) is 12.4 Å². The summed E-state index contributed by atoms with van der Waals surface area (Å²) in [6, 6.07) is 0. The van der Waals surface area contributed by atoms with E-state index >= 15 is 0 Å². The Morgan fingerprint density at radius 2 is 2.19 bits per heavy atom. The molecule has 0 aliphatic rings. The molecule has 116 valence electrons. The maximum absolute atomic E-state index is 12.2. The highest BCUT2D eigenvalue weighted by molar-refractivity contribution is 7.89. The first-order chi connectivity index (χ1) is 10.1. The quantitative estimate of drug-likeness (QED) is 0.660. The average molecular weight is 313 g/mol. The van der Waals surface area contributed by atoms with Gasteiger partial charge >= 0.3 is 0 Å². The highest BCUT2D eigenvalue weighted by Gasteiger charge is 2.17. The van der Waals surface area contributed by atoms with Crippen LogP contribution < -0.4 is 10.0 Å². The van der Waals surface area contributed by atoms with E-state index in [4.69, 9.17) is 0 Å². The van der Waals surface area contributed by atoms with Crippen LogP contribution in [0.3, 0.4) is 0 Å². The van der Waals surface area contributed by atoms with Crippen molar-refractivity contribution < 1.29 is 8.42 Å². The molecule has 9 nitrogen and oxygen atoms in total. The van der Waals surface area contributed by atoms with E-state index in [0.29, 0.717) is 25.5 Å². The number of nitrogens with one attached hydrogen (secondary N) is 2. The highest BCUT2D eigenvalue weighted by Crippen LogP contribution is 2.07. The fourth-order valence-corrected chi connectivity index (χ4v) is 2.69. The predicted molar refractivity (Wildman–Crippen MR) is 75.9 cm³/mol. The van der Waals surface area contributed by atoms with E-state index in [9.17, 15) is 8.42 Å². The molecule has 0 spiro atoms. The third kappa shape index (κ3) is 3.86. The Balaban J connectivity index is 2.03. The molecule has 0 aliphatic heterocycles. The van der Waals surface area contributed by atoms with Crippen molar-refractivity contribution in [3.05, 3.63) is 24.5 Å². The smallest absolute Gasteiger partial charge is 0.244 e. The Labute approximate surface area is 123 Å². The minimum absolute atomic E-state index is 0.0951. The molecule has 10 heteroatoms. The molecule has 0 amide bonds. The molecule has 2 aromatic heterocycles. The van der Waals surface area contributed by atoms with Crippen LogP contribution in [0.15, 0.2) is 23.6 Å². The number of sulfonamides is 1. The Morgan fingerprint density at radius 1 is 1.38 bits per heavy atom. The van der Waals surface area contributed by atoms with Crippen molar-refractivity contribution in [3.63, 3.8) is 0 Å². The van der Waals surface area contributed by atoms with Crippen molar-refractivity contribution in [2.75, 3.05) is 13.6 Å². The summed E-state index contributed by atoms with van der Waals surface area (Å²) in [7, 11) is -1.77. The topological polar surface area (TPSA) is 107 Å². The fourth-order valence-electron chi connectivity index (χ4n) is 1.75. The molecule has 0 saturated carbocycles. The van der Waals surface area contributed by atoms with Crippen LogP contribution in [0.5, 0.6) is 0 Å². The van der Waals surface area contributed by atoms with E-state index in [1.807, 2.05) is 14.0 Å². The second-order valence-corrected chi connectivity index (χ2v) is 6.17. The molecule has 0 fully saturated rings. The Bertz CT molecular complexity index is 676. The Kier molecular flexibility index (Phi) is 5.04. The third-order valence-electron chi connectivity index (χ3n) is 2.97. The first-order valence-corrected chi connectivity index (χ1v) is 8.08. The molecule has 2 rings (SSSR count). The van der Waals surface area contributed by atoms with E-state index in [1.54, 1.807) is 15.6 Å². The van der Waals surface area contributed by atoms with Crippen molar-refractivity contribution in [2.45, 2.75) is 31.5 Å². The molecule has 0 atom stereocenters. The summed E-state index contributed by atoms with van der Waals surface area (Å²) in [6.07, 6.45) is 4.41. The van der Waals surface area contributed by atoms with Gasteiger partial charge in [-0.2, -0.15) is 5.10 Å². The molecular formula is C11H19N7O2S. The van der Waals surface area contributed by atoms with Crippen LogP contribution in [0.1, 0.15) is 12.7 Å². The molecule has 21 heavy (non-hydrogen) atoms. The minimum atomic E-state index is -3.60. The fraction of sp³-hybridized carbons (Fsp3) is 0.545. The normalized spacial score (nSPS) is 11.9. The number of hydrogen-bond donors (Lipinski definition) is 2. The minimum Gasteiger partial charge on any atom is -0.318 e. The van der Waals surface area contributed by atoms with Gasteiger partial charge in [0.25, 0.3) is 0 Å². The molecule has 2 heterocycles. The van der Waals surface area contributed by atoms with Gasteiger partial charge in [0.2, 0.25) is 10.0 Å². The van der Waals surface area contributed by atoms with Crippen molar-refractivity contribution in [3.8, 4) is 0 Å². The first kappa shape index (κ1) is 15.6. The Morgan fingerprint density at radius 3 is 2.90 bits per heavy atom. The van der Waals surface area contributed by atoms with Crippen LogP contribution >= 0.6 is 0 Å². The lowest BCUT2D eigenvalue weighted by Crippen LogP contribution is -2.24. The number of rotatable bonds is 8. The van der Waals surface area contributed by atoms with E-state index in [2.05, 4.69) is 25.3 Å². The lowest BCUT2D eigenvalue weighted by Gasteiger charge is -2.05.